The van der Waals surface area contributed by atoms with Gasteiger partial charge in [-0.15, -0.1) is 0 Å². The average molecular weight is 571 g/mol. The van der Waals surface area contributed by atoms with Gasteiger partial charge in [-0.2, -0.15) is 0 Å². The van der Waals surface area contributed by atoms with Crippen molar-refractivity contribution >= 4 is 39.4 Å². The van der Waals surface area contributed by atoms with Crippen LogP contribution in [0.2, 0.25) is 5.02 Å². The van der Waals surface area contributed by atoms with Gasteiger partial charge in [-0.05, 0) is 86.6 Å². The van der Waals surface area contributed by atoms with Crippen molar-refractivity contribution in [3.05, 3.63) is 89.3 Å². The SMILES string of the molecule is Cc1cccc2c1nc(COc1ccc(Cl)cc1)n2CCCC1CCN(C(=O)COc2c[nH]c3ccccc23)CC1. The van der Waals surface area contributed by atoms with Crippen LogP contribution in [0.5, 0.6) is 11.5 Å². The van der Waals surface area contributed by atoms with Crippen molar-refractivity contribution in [2.45, 2.75) is 45.8 Å². The summed E-state index contributed by atoms with van der Waals surface area (Å²) in [5.41, 5.74) is 4.36. The summed E-state index contributed by atoms with van der Waals surface area (Å²) < 4.78 is 14.2. The molecule has 0 saturated carbocycles. The summed E-state index contributed by atoms with van der Waals surface area (Å²) in [5, 5.41) is 1.69. The van der Waals surface area contributed by atoms with Gasteiger partial charge in [-0.25, -0.2) is 4.98 Å². The first-order valence-corrected chi connectivity index (χ1v) is 14.7. The normalized spacial score (nSPS) is 14.1. The van der Waals surface area contributed by atoms with Crippen LogP contribution in [-0.2, 0) is 17.9 Å². The van der Waals surface area contributed by atoms with E-state index in [0.29, 0.717) is 17.5 Å². The highest BCUT2D eigenvalue weighted by Crippen LogP contribution is 2.27. The first-order chi connectivity index (χ1) is 20.0. The number of piperidine rings is 1. The molecule has 2 aromatic heterocycles. The number of hydrogen-bond donors (Lipinski definition) is 1. The summed E-state index contributed by atoms with van der Waals surface area (Å²) in [5.74, 6) is 3.10. The Morgan fingerprint density at radius 2 is 1.83 bits per heavy atom. The number of likely N-dealkylation sites (tertiary alicyclic amines) is 1. The number of nitrogens with one attached hydrogen (secondary N) is 1. The van der Waals surface area contributed by atoms with Crippen LogP contribution in [0.3, 0.4) is 0 Å². The number of para-hydroxylation sites is 2. The van der Waals surface area contributed by atoms with Crippen molar-refractivity contribution in [1.82, 2.24) is 19.4 Å². The van der Waals surface area contributed by atoms with E-state index < -0.39 is 0 Å². The van der Waals surface area contributed by atoms with Gasteiger partial charge in [0.15, 0.2) is 6.61 Å². The summed E-state index contributed by atoms with van der Waals surface area (Å²) >= 11 is 6.02. The molecule has 8 heteroatoms. The third-order valence-electron chi connectivity index (χ3n) is 8.11. The van der Waals surface area contributed by atoms with Gasteiger partial charge in [-0.1, -0.05) is 35.9 Å². The molecule has 0 radical (unpaired) electrons. The number of aromatic nitrogens is 3. The van der Waals surface area contributed by atoms with Crippen molar-refractivity contribution in [2.75, 3.05) is 19.7 Å². The van der Waals surface area contributed by atoms with Gasteiger partial charge < -0.3 is 23.9 Å². The third-order valence-corrected chi connectivity index (χ3v) is 8.36. The summed E-state index contributed by atoms with van der Waals surface area (Å²) in [6.45, 7) is 5.03. The summed E-state index contributed by atoms with van der Waals surface area (Å²) in [6, 6.07) is 21.7. The molecule has 1 aliphatic heterocycles. The van der Waals surface area contributed by atoms with E-state index in [-0.39, 0.29) is 12.5 Å². The van der Waals surface area contributed by atoms with Gasteiger partial charge in [0.05, 0.1) is 11.0 Å². The van der Waals surface area contributed by atoms with Crippen molar-refractivity contribution in [3.63, 3.8) is 0 Å². The van der Waals surface area contributed by atoms with E-state index in [1.807, 2.05) is 59.6 Å². The highest BCUT2D eigenvalue weighted by atomic mass is 35.5. The van der Waals surface area contributed by atoms with Gasteiger partial charge >= 0.3 is 0 Å². The number of aromatic amines is 1. The minimum absolute atomic E-state index is 0.0549. The molecule has 0 spiro atoms. The van der Waals surface area contributed by atoms with Gasteiger partial charge in [0.1, 0.15) is 23.9 Å². The fourth-order valence-electron chi connectivity index (χ4n) is 5.78. The number of rotatable bonds is 10. The molecule has 1 saturated heterocycles. The number of carbonyl (C=O) groups excluding carboxylic acids is 1. The number of carbonyl (C=O) groups is 1. The molecule has 5 aromatic rings. The maximum absolute atomic E-state index is 12.8. The van der Waals surface area contributed by atoms with Crippen LogP contribution in [0.25, 0.3) is 21.9 Å². The molecule has 3 heterocycles. The molecule has 1 N–H and O–H groups in total. The van der Waals surface area contributed by atoms with Gasteiger partial charge in [0.25, 0.3) is 5.91 Å². The number of halogens is 1. The number of amides is 1. The lowest BCUT2D eigenvalue weighted by molar-refractivity contribution is -0.134. The van der Waals surface area contributed by atoms with Crippen LogP contribution in [0.4, 0.5) is 0 Å². The average Bonchev–Trinajstić information content (AvgIpc) is 3.58. The Labute approximate surface area is 245 Å². The minimum Gasteiger partial charge on any atom is -0.486 e. The molecule has 212 valence electrons. The van der Waals surface area contributed by atoms with Crippen LogP contribution in [0, 0.1) is 12.8 Å². The van der Waals surface area contributed by atoms with E-state index in [4.69, 9.17) is 26.1 Å². The lowest BCUT2D eigenvalue weighted by atomic mass is 9.92. The van der Waals surface area contributed by atoms with Crippen LogP contribution in [0.1, 0.15) is 37.1 Å². The monoisotopic (exact) mass is 570 g/mol. The number of nitrogens with zero attached hydrogens (tertiary/aromatic N) is 3. The van der Waals surface area contributed by atoms with Crippen LogP contribution in [-0.4, -0.2) is 45.0 Å². The molecular weight excluding hydrogens is 536 g/mol. The van der Waals surface area contributed by atoms with Crippen molar-refractivity contribution < 1.29 is 14.3 Å². The highest BCUT2D eigenvalue weighted by molar-refractivity contribution is 6.30. The Morgan fingerprint density at radius 3 is 2.66 bits per heavy atom. The molecule has 7 nitrogen and oxygen atoms in total. The standard InChI is InChI=1S/C33H35ClN4O3/c1-23-6-4-10-29-33(23)36-31(21-40-26-13-11-25(34)12-14-26)38(29)17-5-7-24-15-18-37(19-16-24)32(39)22-41-30-20-35-28-9-3-2-8-27(28)30/h2-4,6,8-14,20,24,35H,5,7,15-19,21-22H2,1H3. The van der Waals surface area contributed by atoms with Crippen molar-refractivity contribution in [2.24, 2.45) is 5.92 Å². The van der Waals surface area contributed by atoms with E-state index in [0.717, 1.165) is 84.6 Å². The van der Waals surface area contributed by atoms with E-state index in [1.165, 1.54) is 5.56 Å². The summed E-state index contributed by atoms with van der Waals surface area (Å²) in [7, 11) is 0. The molecule has 0 aliphatic carbocycles. The summed E-state index contributed by atoms with van der Waals surface area (Å²) in [4.78, 5) is 22.9. The Kier molecular flexibility index (Phi) is 8.14. The fraction of sp³-hybridized carbons (Fsp3) is 0.333. The fourth-order valence-corrected chi connectivity index (χ4v) is 5.90. The zero-order valence-corrected chi connectivity index (χ0v) is 24.1. The molecule has 1 fully saturated rings. The number of benzene rings is 3. The second-order valence-electron chi connectivity index (χ2n) is 10.8. The maximum atomic E-state index is 12.8. The van der Waals surface area contributed by atoms with Gasteiger partial charge in [-0.3, -0.25) is 4.79 Å². The first kappa shape index (κ1) is 27.2. The van der Waals surface area contributed by atoms with E-state index in [2.05, 4.69) is 34.7 Å². The molecule has 0 unspecified atom stereocenters. The minimum atomic E-state index is 0.0549. The zero-order chi connectivity index (χ0) is 28.2. The Morgan fingerprint density at radius 1 is 1.02 bits per heavy atom. The number of aryl methyl sites for hydroxylation is 2. The van der Waals surface area contributed by atoms with E-state index >= 15 is 0 Å². The second-order valence-corrected chi connectivity index (χ2v) is 11.3. The van der Waals surface area contributed by atoms with Crippen molar-refractivity contribution in [1.29, 1.82) is 0 Å². The molecule has 3 aromatic carbocycles. The lowest BCUT2D eigenvalue weighted by Gasteiger charge is -2.32. The number of hydrogen-bond acceptors (Lipinski definition) is 4. The molecule has 41 heavy (non-hydrogen) atoms. The zero-order valence-electron chi connectivity index (χ0n) is 23.3. The van der Waals surface area contributed by atoms with Gasteiger partial charge in [0.2, 0.25) is 0 Å². The van der Waals surface area contributed by atoms with Crippen LogP contribution < -0.4 is 9.47 Å². The number of ether oxygens (including phenoxy) is 2. The van der Waals surface area contributed by atoms with E-state index in [9.17, 15) is 4.79 Å². The van der Waals surface area contributed by atoms with E-state index in [1.54, 1.807) is 0 Å². The maximum Gasteiger partial charge on any atom is 0.260 e. The lowest BCUT2D eigenvalue weighted by Crippen LogP contribution is -2.41. The predicted octanol–water partition coefficient (Wildman–Crippen LogP) is 7.16. The van der Waals surface area contributed by atoms with Crippen LogP contribution >= 0.6 is 11.6 Å². The largest absolute Gasteiger partial charge is 0.486 e. The Hall–Kier alpha value is -3.97. The quantitative estimate of drug-likeness (QED) is 0.193. The Balaban J connectivity index is 1.01. The summed E-state index contributed by atoms with van der Waals surface area (Å²) in [6.07, 6.45) is 6.04. The van der Waals surface area contributed by atoms with Gasteiger partial charge in [0, 0.05) is 41.8 Å². The predicted molar refractivity (Wildman–Crippen MR) is 163 cm³/mol. The molecule has 0 atom stereocenters. The highest BCUT2D eigenvalue weighted by Gasteiger charge is 2.23. The number of fused-ring (bicyclic) bond motifs is 2. The second kappa shape index (κ2) is 12.3. The molecule has 1 aliphatic rings. The molecule has 1 amide bonds. The molecule has 6 rings (SSSR count). The number of imidazole rings is 1. The first-order valence-electron chi connectivity index (χ1n) is 14.3. The smallest absolute Gasteiger partial charge is 0.260 e. The number of H-pyrrole nitrogens is 1. The molecular formula is C33H35ClN4O3. The molecule has 0 bridgehead atoms. The Bertz CT molecular complexity index is 1630. The van der Waals surface area contributed by atoms with Crippen molar-refractivity contribution in [3.8, 4) is 11.5 Å². The van der Waals surface area contributed by atoms with Crippen LogP contribution in [0.15, 0.2) is 72.9 Å². The third kappa shape index (κ3) is 6.20. The topological polar surface area (TPSA) is 72.4 Å².